The van der Waals surface area contributed by atoms with Gasteiger partial charge in [-0.3, -0.25) is 9.59 Å². The zero-order valence-corrected chi connectivity index (χ0v) is 16.6. The first-order valence-corrected chi connectivity index (χ1v) is 9.19. The largest absolute Gasteiger partial charge is 0.340 e. The molecule has 0 radical (unpaired) electrons. The zero-order chi connectivity index (χ0) is 21.8. The molecule has 156 valence electrons. The van der Waals surface area contributed by atoms with Gasteiger partial charge in [0.05, 0.1) is 5.56 Å². The summed E-state index contributed by atoms with van der Waals surface area (Å²) in [6, 6.07) is 8.50. The molecule has 1 unspecified atom stereocenters. The molecule has 0 fully saturated rings. The van der Waals surface area contributed by atoms with E-state index in [0.717, 1.165) is 0 Å². The molecule has 1 aromatic heterocycles. The van der Waals surface area contributed by atoms with E-state index in [-0.39, 0.29) is 22.9 Å². The number of aryl methyl sites for hydroxylation is 1. The zero-order valence-electron chi connectivity index (χ0n) is 16.6. The Morgan fingerprint density at radius 1 is 1.07 bits per heavy atom. The number of hydrogen-bond donors (Lipinski definition) is 2. The number of carbonyl (C=O) groups excluding carboxylic acids is 2. The number of hydrogen-bond acceptors (Lipinski definition) is 5. The van der Waals surface area contributed by atoms with Crippen LogP contribution in [0.25, 0.3) is 5.69 Å². The van der Waals surface area contributed by atoms with Gasteiger partial charge in [0.2, 0.25) is 5.91 Å². The summed E-state index contributed by atoms with van der Waals surface area (Å²) in [5.74, 6) is -2.40. The summed E-state index contributed by atoms with van der Waals surface area (Å²) in [5.41, 5.74) is 0.193. The van der Waals surface area contributed by atoms with Crippen molar-refractivity contribution in [3.63, 3.8) is 0 Å². The molecule has 3 aromatic rings. The fraction of sp³-hybridized carbons (Fsp3) is 0.250. The van der Waals surface area contributed by atoms with Crippen LogP contribution < -0.4 is 10.6 Å². The first-order valence-electron chi connectivity index (χ1n) is 9.19. The Labute approximate surface area is 171 Å². The molecular weight excluding hydrogens is 394 g/mol. The minimum absolute atomic E-state index is 0.0618. The SMILES string of the molecule is Cc1nnnn1-c1cc(NC(=O)C(NC(=O)c2ccccc2F)C(C)C)ccc1F. The lowest BCUT2D eigenvalue weighted by atomic mass is 10.0. The molecule has 1 atom stereocenters. The average molecular weight is 414 g/mol. The molecule has 0 bridgehead atoms. The van der Waals surface area contributed by atoms with Crippen LogP contribution >= 0.6 is 0 Å². The molecule has 0 aliphatic carbocycles. The van der Waals surface area contributed by atoms with Crippen LogP contribution in [0.2, 0.25) is 0 Å². The van der Waals surface area contributed by atoms with E-state index in [1.165, 1.54) is 47.1 Å². The molecule has 2 N–H and O–H groups in total. The van der Waals surface area contributed by atoms with Crippen molar-refractivity contribution in [3.8, 4) is 5.69 Å². The van der Waals surface area contributed by atoms with Gasteiger partial charge in [-0.1, -0.05) is 26.0 Å². The third-order valence-electron chi connectivity index (χ3n) is 4.42. The third-order valence-corrected chi connectivity index (χ3v) is 4.42. The molecule has 0 spiro atoms. The summed E-state index contributed by atoms with van der Waals surface area (Å²) in [6.07, 6.45) is 0. The minimum Gasteiger partial charge on any atom is -0.340 e. The van der Waals surface area contributed by atoms with Crippen molar-refractivity contribution in [3.05, 3.63) is 65.5 Å². The lowest BCUT2D eigenvalue weighted by Crippen LogP contribution is -2.47. The Bertz CT molecular complexity index is 1080. The van der Waals surface area contributed by atoms with Gasteiger partial charge in [0, 0.05) is 5.69 Å². The summed E-state index contributed by atoms with van der Waals surface area (Å²) in [5, 5.41) is 16.1. The van der Waals surface area contributed by atoms with Crippen LogP contribution in [0, 0.1) is 24.5 Å². The number of nitrogens with zero attached hydrogens (tertiary/aromatic N) is 4. The van der Waals surface area contributed by atoms with Crippen LogP contribution in [0.1, 0.15) is 30.0 Å². The maximum atomic E-state index is 14.2. The number of nitrogens with one attached hydrogen (secondary N) is 2. The monoisotopic (exact) mass is 414 g/mol. The Morgan fingerprint density at radius 2 is 1.80 bits per heavy atom. The number of benzene rings is 2. The van der Waals surface area contributed by atoms with Gasteiger partial charge in [0.1, 0.15) is 23.4 Å². The van der Waals surface area contributed by atoms with Gasteiger partial charge in [-0.2, -0.15) is 4.68 Å². The molecule has 10 heteroatoms. The smallest absolute Gasteiger partial charge is 0.254 e. The number of tetrazole rings is 1. The number of amides is 2. The molecule has 0 aliphatic rings. The highest BCUT2D eigenvalue weighted by molar-refractivity contribution is 6.01. The molecule has 2 amide bonds. The molecule has 8 nitrogen and oxygen atoms in total. The normalized spacial score (nSPS) is 11.9. The Kier molecular flexibility index (Phi) is 6.14. The number of anilines is 1. The maximum Gasteiger partial charge on any atom is 0.254 e. The van der Waals surface area contributed by atoms with Crippen LogP contribution in [-0.4, -0.2) is 38.1 Å². The van der Waals surface area contributed by atoms with Crippen molar-refractivity contribution in [2.75, 3.05) is 5.32 Å². The number of aromatic nitrogens is 4. The van der Waals surface area contributed by atoms with Gasteiger partial charge in [0.25, 0.3) is 5.91 Å². The fourth-order valence-corrected chi connectivity index (χ4v) is 2.83. The first kappa shape index (κ1) is 21.0. The van der Waals surface area contributed by atoms with Gasteiger partial charge in [-0.15, -0.1) is 5.10 Å². The molecule has 3 rings (SSSR count). The molecular formula is C20H20F2N6O2. The summed E-state index contributed by atoms with van der Waals surface area (Å²) in [6.45, 7) is 5.09. The van der Waals surface area contributed by atoms with Gasteiger partial charge in [-0.05, 0) is 53.6 Å². The predicted octanol–water partition coefficient (Wildman–Crippen LogP) is 2.64. The molecule has 1 heterocycles. The Hall–Kier alpha value is -3.69. The van der Waals surface area contributed by atoms with E-state index in [1.807, 2.05) is 0 Å². The molecule has 0 saturated carbocycles. The standard InChI is InChI=1S/C20H20F2N6O2/c1-11(2)18(24-19(29)14-6-4-5-7-15(14)21)20(30)23-13-8-9-16(22)17(10-13)28-12(3)25-26-27-28/h4-11,18H,1-3H3,(H,23,30)(H,24,29). The fourth-order valence-electron chi connectivity index (χ4n) is 2.83. The number of rotatable bonds is 6. The van der Waals surface area contributed by atoms with Crippen molar-refractivity contribution >= 4 is 17.5 Å². The van der Waals surface area contributed by atoms with Crippen LogP contribution in [0.4, 0.5) is 14.5 Å². The van der Waals surface area contributed by atoms with E-state index < -0.39 is 29.5 Å². The van der Waals surface area contributed by atoms with Gasteiger partial charge >= 0.3 is 0 Å². The van der Waals surface area contributed by atoms with Gasteiger partial charge in [0.15, 0.2) is 5.82 Å². The van der Waals surface area contributed by atoms with Crippen molar-refractivity contribution in [1.29, 1.82) is 0 Å². The molecule has 0 saturated heterocycles. The molecule has 2 aromatic carbocycles. The lowest BCUT2D eigenvalue weighted by molar-refractivity contribution is -0.118. The van der Waals surface area contributed by atoms with Crippen LogP contribution in [0.15, 0.2) is 42.5 Å². The number of halogens is 2. The van der Waals surface area contributed by atoms with Crippen LogP contribution in [-0.2, 0) is 4.79 Å². The highest BCUT2D eigenvalue weighted by atomic mass is 19.1. The van der Waals surface area contributed by atoms with Crippen molar-refractivity contribution < 1.29 is 18.4 Å². The van der Waals surface area contributed by atoms with E-state index in [1.54, 1.807) is 20.8 Å². The van der Waals surface area contributed by atoms with Crippen LogP contribution in [0.5, 0.6) is 0 Å². The van der Waals surface area contributed by atoms with Crippen LogP contribution in [0.3, 0.4) is 0 Å². The molecule has 0 aliphatic heterocycles. The first-order chi connectivity index (χ1) is 14.3. The second kappa shape index (κ2) is 8.76. The highest BCUT2D eigenvalue weighted by Crippen LogP contribution is 2.20. The summed E-state index contributed by atoms with van der Waals surface area (Å²) < 4.78 is 29.3. The van der Waals surface area contributed by atoms with E-state index >= 15 is 0 Å². The summed E-state index contributed by atoms with van der Waals surface area (Å²) >= 11 is 0. The van der Waals surface area contributed by atoms with E-state index in [2.05, 4.69) is 26.2 Å². The maximum absolute atomic E-state index is 14.2. The predicted molar refractivity (Wildman–Crippen MR) is 105 cm³/mol. The Balaban J connectivity index is 1.80. The highest BCUT2D eigenvalue weighted by Gasteiger charge is 2.26. The van der Waals surface area contributed by atoms with E-state index in [9.17, 15) is 18.4 Å². The summed E-state index contributed by atoms with van der Waals surface area (Å²) in [7, 11) is 0. The quantitative estimate of drug-likeness (QED) is 0.646. The average Bonchev–Trinajstić information content (AvgIpc) is 3.13. The summed E-state index contributed by atoms with van der Waals surface area (Å²) in [4.78, 5) is 25.2. The lowest BCUT2D eigenvalue weighted by Gasteiger charge is -2.22. The van der Waals surface area contributed by atoms with Crippen molar-refractivity contribution in [2.45, 2.75) is 26.8 Å². The topological polar surface area (TPSA) is 102 Å². The Morgan fingerprint density at radius 3 is 2.43 bits per heavy atom. The van der Waals surface area contributed by atoms with E-state index in [4.69, 9.17) is 0 Å². The number of carbonyl (C=O) groups is 2. The van der Waals surface area contributed by atoms with Crippen molar-refractivity contribution in [2.24, 2.45) is 5.92 Å². The van der Waals surface area contributed by atoms with Gasteiger partial charge < -0.3 is 10.6 Å². The molecule has 30 heavy (non-hydrogen) atoms. The minimum atomic E-state index is -0.944. The third kappa shape index (κ3) is 4.48. The van der Waals surface area contributed by atoms with Gasteiger partial charge in [-0.25, -0.2) is 8.78 Å². The van der Waals surface area contributed by atoms with Crippen molar-refractivity contribution in [1.82, 2.24) is 25.5 Å². The second-order valence-corrected chi connectivity index (χ2v) is 6.97. The van der Waals surface area contributed by atoms with E-state index in [0.29, 0.717) is 5.82 Å². The second-order valence-electron chi connectivity index (χ2n) is 6.97.